The van der Waals surface area contributed by atoms with Crippen molar-refractivity contribution < 1.29 is 19.1 Å². The molecule has 0 bridgehead atoms. The van der Waals surface area contributed by atoms with Gasteiger partial charge in [-0.3, -0.25) is 9.59 Å². The molecule has 2 atom stereocenters. The molecule has 0 radical (unpaired) electrons. The number of rotatable bonds is 15. The van der Waals surface area contributed by atoms with Crippen molar-refractivity contribution >= 4 is 23.4 Å². The van der Waals surface area contributed by atoms with Crippen LogP contribution in [0.1, 0.15) is 57.2 Å². The molecule has 40 heavy (non-hydrogen) atoms. The van der Waals surface area contributed by atoms with Crippen molar-refractivity contribution in [1.29, 1.82) is 0 Å². The first-order valence-corrected chi connectivity index (χ1v) is 14.5. The monoisotopic (exact) mass is 564 g/mol. The molecule has 2 amide bonds. The van der Waals surface area contributed by atoms with Crippen molar-refractivity contribution in [2.45, 2.75) is 72.0 Å². The number of ether oxygens (including phenoxy) is 2. The van der Waals surface area contributed by atoms with E-state index < -0.39 is 6.04 Å². The molecular formula is C33H41ClN2O4. The summed E-state index contributed by atoms with van der Waals surface area (Å²) in [6, 6.07) is 22.3. The third-order valence-electron chi connectivity index (χ3n) is 6.77. The van der Waals surface area contributed by atoms with Crippen LogP contribution in [0.15, 0.2) is 72.8 Å². The van der Waals surface area contributed by atoms with Gasteiger partial charge in [-0.15, -0.1) is 0 Å². The maximum Gasteiger partial charge on any atom is 0.243 e. The third kappa shape index (κ3) is 9.30. The molecule has 0 aliphatic heterocycles. The Morgan fingerprint density at radius 1 is 0.850 bits per heavy atom. The molecule has 0 saturated carbocycles. The summed E-state index contributed by atoms with van der Waals surface area (Å²) in [6.45, 7) is 9.22. The summed E-state index contributed by atoms with van der Waals surface area (Å²) < 4.78 is 11.5. The number of amides is 2. The van der Waals surface area contributed by atoms with Gasteiger partial charge in [0.15, 0.2) is 11.5 Å². The van der Waals surface area contributed by atoms with Gasteiger partial charge < -0.3 is 19.7 Å². The number of hydrogen-bond acceptors (Lipinski definition) is 4. The smallest absolute Gasteiger partial charge is 0.243 e. The van der Waals surface area contributed by atoms with Gasteiger partial charge in [0.25, 0.3) is 0 Å². The lowest BCUT2D eigenvalue weighted by atomic mass is 10.0. The van der Waals surface area contributed by atoms with Crippen LogP contribution in [0.25, 0.3) is 0 Å². The first-order valence-electron chi connectivity index (χ1n) is 14.1. The van der Waals surface area contributed by atoms with Gasteiger partial charge in [-0.2, -0.15) is 0 Å². The molecule has 0 aliphatic carbocycles. The van der Waals surface area contributed by atoms with Crippen LogP contribution in [0.2, 0.25) is 5.02 Å². The fourth-order valence-electron chi connectivity index (χ4n) is 4.43. The van der Waals surface area contributed by atoms with E-state index >= 15 is 0 Å². The van der Waals surface area contributed by atoms with Crippen LogP contribution in [-0.4, -0.2) is 42.0 Å². The summed E-state index contributed by atoms with van der Waals surface area (Å²) in [7, 11) is 0. The summed E-state index contributed by atoms with van der Waals surface area (Å²) in [4.78, 5) is 29.3. The van der Waals surface area contributed by atoms with Crippen molar-refractivity contribution in [3.05, 3.63) is 94.5 Å². The molecular weight excluding hydrogens is 524 g/mol. The van der Waals surface area contributed by atoms with Crippen molar-refractivity contribution in [3.8, 4) is 11.5 Å². The zero-order chi connectivity index (χ0) is 28.9. The van der Waals surface area contributed by atoms with Gasteiger partial charge in [-0.1, -0.05) is 67.1 Å². The Morgan fingerprint density at radius 3 is 2.15 bits per heavy atom. The van der Waals surface area contributed by atoms with E-state index in [0.717, 1.165) is 23.1 Å². The van der Waals surface area contributed by atoms with Gasteiger partial charge in [0, 0.05) is 30.5 Å². The number of carbonyl (C=O) groups excluding carboxylic acids is 2. The number of nitrogens with one attached hydrogen (secondary N) is 1. The molecule has 0 spiro atoms. The Morgan fingerprint density at radius 2 is 1.50 bits per heavy atom. The SMILES string of the molecule is CCOc1ccc(CCC(=O)N(Cc2ccc(Cl)cc2)[C@@H](Cc2ccccc2)C(=O)N[C@@H](C)CC)cc1OCC. The molecule has 0 aliphatic rings. The summed E-state index contributed by atoms with van der Waals surface area (Å²) >= 11 is 6.12. The van der Waals surface area contributed by atoms with Gasteiger partial charge in [-0.25, -0.2) is 0 Å². The molecule has 3 rings (SSSR count). The standard InChI is InChI=1S/C33H41ClN2O4/c1-5-24(4)35-33(38)29(21-25-11-9-8-10-12-25)36(23-27-13-17-28(34)18-14-27)32(37)20-16-26-15-19-30(39-6-2)31(22-26)40-7-3/h8-15,17-19,22,24,29H,5-7,16,20-21,23H2,1-4H3,(H,35,38)/t24-,29-/m0/s1. The lowest BCUT2D eigenvalue weighted by Crippen LogP contribution is -2.52. The number of benzene rings is 3. The van der Waals surface area contributed by atoms with E-state index in [0.29, 0.717) is 49.1 Å². The van der Waals surface area contributed by atoms with Gasteiger partial charge in [0.1, 0.15) is 6.04 Å². The van der Waals surface area contributed by atoms with Gasteiger partial charge in [0.2, 0.25) is 11.8 Å². The summed E-state index contributed by atoms with van der Waals surface area (Å²) in [5.74, 6) is 1.11. The number of aryl methyl sites for hydroxylation is 1. The highest BCUT2D eigenvalue weighted by molar-refractivity contribution is 6.30. The Bertz CT molecular complexity index is 1220. The minimum absolute atomic E-state index is 0.000835. The van der Waals surface area contributed by atoms with E-state index in [1.165, 1.54) is 0 Å². The number of carbonyl (C=O) groups is 2. The normalized spacial score (nSPS) is 12.3. The average molecular weight is 565 g/mol. The molecule has 6 nitrogen and oxygen atoms in total. The Hall–Kier alpha value is -3.51. The minimum Gasteiger partial charge on any atom is -0.490 e. The zero-order valence-electron chi connectivity index (χ0n) is 24.0. The minimum atomic E-state index is -0.668. The number of nitrogens with zero attached hydrogens (tertiary/aromatic N) is 1. The molecule has 3 aromatic carbocycles. The van der Waals surface area contributed by atoms with E-state index in [1.807, 2.05) is 88.4 Å². The van der Waals surface area contributed by atoms with E-state index in [4.69, 9.17) is 21.1 Å². The highest BCUT2D eigenvalue weighted by Crippen LogP contribution is 2.29. The molecule has 7 heteroatoms. The maximum absolute atomic E-state index is 13.9. The second-order valence-electron chi connectivity index (χ2n) is 9.82. The van der Waals surface area contributed by atoms with Crippen LogP contribution in [-0.2, 0) is 29.0 Å². The van der Waals surface area contributed by atoms with Gasteiger partial charge in [0.05, 0.1) is 13.2 Å². The molecule has 3 aromatic rings. The first-order chi connectivity index (χ1) is 19.3. The number of halogens is 1. The second kappa shape index (κ2) is 15.9. The molecule has 0 fully saturated rings. The predicted molar refractivity (Wildman–Crippen MR) is 161 cm³/mol. The molecule has 0 heterocycles. The topological polar surface area (TPSA) is 67.9 Å². The Balaban J connectivity index is 1.90. The van der Waals surface area contributed by atoms with Crippen LogP contribution in [0, 0.1) is 0 Å². The van der Waals surface area contributed by atoms with Crippen LogP contribution < -0.4 is 14.8 Å². The third-order valence-corrected chi connectivity index (χ3v) is 7.03. The van der Waals surface area contributed by atoms with Gasteiger partial charge >= 0.3 is 0 Å². The highest BCUT2D eigenvalue weighted by Gasteiger charge is 2.30. The van der Waals surface area contributed by atoms with Crippen LogP contribution >= 0.6 is 11.6 Å². The van der Waals surface area contributed by atoms with Crippen LogP contribution in [0.3, 0.4) is 0 Å². The zero-order valence-corrected chi connectivity index (χ0v) is 24.7. The quantitative estimate of drug-likeness (QED) is 0.225. The van der Waals surface area contributed by atoms with E-state index in [2.05, 4.69) is 5.32 Å². The van der Waals surface area contributed by atoms with E-state index in [1.54, 1.807) is 17.0 Å². The maximum atomic E-state index is 13.9. The first kappa shape index (κ1) is 31.0. The fraction of sp³-hybridized carbons (Fsp3) is 0.394. The van der Waals surface area contributed by atoms with Crippen molar-refractivity contribution in [1.82, 2.24) is 10.2 Å². The average Bonchev–Trinajstić information content (AvgIpc) is 2.96. The highest BCUT2D eigenvalue weighted by atomic mass is 35.5. The van der Waals surface area contributed by atoms with Crippen molar-refractivity contribution in [2.75, 3.05) is 13.2 Å². The van der Waals surface area contributed by atoms with E-state index in [-0.39, 0.29) is 24.3 Å². The predicted octanol–water partition coefficient (Wildman–Crippen LogP) is 6.62. The second-order valence-corrected chi connectivity index (χ2v) is 10.3. The summed E-state index contributed by atoms with van der Waals surface area (Å²) in [5, 5.41) is 3.73. The fourth-order valence-corrected chi connectivity index (χ4v) is 4.55. The lowest BCUT2D eigenvalue weighted by Gasteiger charge is -2.32. The lowest BCUT2D eigenvalue weighted by molar-refractivity contribution is -0.141. The van der Waals surface area contributed by atoms with Crippen LogP contribution in [0.5, 0.6) is 11.5 Å². The van der Waals surface area contributed by atoms with Crippen molar-refractivity contribution in [3.63, 3.8) is 0 Å². The Labute approximate surface area is 243 Å². The number of hydrogen-bond donors (Lipinski definition) is 1. The summed E-state index contributed by atoms with van der Waals surface area (Å²) in [5.41, 5.74) is 2.87. The largest absolute Gasteiger partial charge is 0.490 e. The molecule has 0 saturated heterocycles. The van der Waals surface area contributed by atoms with Crippen LogP contribution in [0.4, 0.5) is 0 Å². The molecule has 1 N–H and O–H groups in total. The molecule has 0 unspecified atom stereocenters. The molecule has 214 valence electrons. The van der Waals surface area contributed by atoms with E-state index in [9.17, 15) is 9.59 Å². The van der Waals surface area contributed by atoms with Crippen molar-refractivity contribution in [2.24, 2.45) is 0 Å². The van der Waals surface area contributed by atoms with Gasteiger partial charge in [-0.05, 0) is 74.6 Å². The molecule has 0 aromatic heterocycles. The summed E-state index contributed by atoms with van der Waals surface area (Å²) in [6.07, 6.45) is 1.97. The Kier molecular flexibility index (Phi) is 12.4.